The van der Waals surface area contributed by atoms with Gasteiger partial charge in [-0.2, -0.15) is 4.98 Å². The van der Waals surface area contributed by atoms with Gasteiger partial charge in [0, 0.05) is 29.1 Å². The molecule has 2 heterocycles. The smallest absolute Gasteiger partial charge is 0.410 e. The van der Waals surface area contributed by atoms with Crippen molar-refractivity contribution in [3.63, 3.8) is 0 Å². The largest absolute Gasteiger partial charge is 0.616 e. The molecule has 4 aromatic rings. The first kappa shape index (κ1) is 21.4. The standard InChI is InChI=1S/C25H25N3O4/c1-16(2)13-21-24(32-15-17-9-5-4-6-10-17)27-22(25(31-3)28(21)30)23(29)19-14-26-20-12-8-7-11-18(19)20/h4-12,14,16,26H,13,15H2,1-3H3. The van der Waals surface area contributed by atoms with Crippen molar-refractivity contribution >= 4 is 16.7 Å². The Morgan fingerprint density at radius 1 is 1.12 bits per heavy atom. The summed E-state index contributed by atoms with van der Waals surface area (Å²) in [5, 5.41) is 14.0. The topological polar surface area (TPSA) is 91.2 Å². The van der Waals surface area contributed by atoms with Gasteiger partial charge >= 0.3 is 5.88 Å². The molecule has 7 nitrogen and oxygen atoms in total. The summed E-state index contributed by atoms with van der Waals surface area (Å²) in [6, 6.07) is 17.1. The van der Waals surface area contributed by atoms with E-state index in [4.69, 9.17) is 9.47 Å². The minimum absolute atomic E-state index is 0.0807. The lowest BCUT2D eigenvalue weighted by atomic mass is 10.1. The van der Waals surface area contributed by atoms with E-state index < -0.39 is 5.78 Å². The van der Waals surface area contributed by atoms with Crippen LogP contribution in [0, 0.1) is 11.1 Å². The third-order valence-electron chi connectivity index (χ3n) is 5.15. The number of nitrogens with one attached hydrogen (secondary N) is 1. The summed E-state index contributed by atoms with van der Waals surface area (Å²) < 4.78 is 11.9. The second kappa shape index (κ2) is 9.09. The number of hydrogen-bond acceptors (Lipinski definition) is 5. The van der Waals surface area contributed by atoms with Crippen molar-refractivity contribution in [3.05, 3.63) is 88.5 Å². The van der Waals surface area contributed by atoms with Gasteiger partial charge in [0.1, 0.15) is 6.61 Å². The van der Waals surface area contributed by atoms with Crippen LogP contribution >= 0.6 is 0 Å². The Kier molecular flexibility index (Phi) is 6.07. The number of aromatic nitrogens is 3. The minimum atomic E-state index is -0.412. The van der Waals surface area contributed by atoms with Crippen LogP contribution in [0.1, 0.15) is 41.2 Å². The maximum atomic E-state index is 13.4. The van der Waals surface area contributed by atoms with Gasteiger partial charge in [0.05, 0.1) is 7.11 Å². The van der Waals surface area contributed by atoms with Gasteiger partial charge in [-0.3, -0.25) is 4.79 Å². The highest BCUT2D eigenvalue weighted by molar-refractivity contribution is 6.16. The number of nitrogens with zero attached hydrogens (tertiary/aromatic N) is 2. The number of rotatable bonds is 8. The van der Waals surface area contributed by atoms with Crippen LogP contribution in [-0.4, -0.2) is 22.9 Å². The fourth-order valence-corrected chi connectivity index (χ4v) is 3.63. The van der Waals surface area contributed by atoms with Crippen molar-refractivity contribution in [2.24, 2.45) is 5.92 Å². The molecule has 1 N–H and O–H groups in total. The van der Waals surface area contributed by atoms with Crippen molar-refractivity contribution in [3.8, 4) is 11.8 Å². The highest BCUT2D eigenvalue weighted by Crippen LogP contribution is 2.27. The van der Waals surface area contributed by atoms with Crippen molar-refractivity contribution < 1.29 is 19.0 Å². The van der Waals surface area contributed by atoms with Gasteiger partial charge in [-0.15, -0.1) is 4.73 Å². The molecule has 0 amide bonds. The molecule has 0 atom stereocenters. The number of fused-ring (bicyclic) bond motifs is 1. The van der Waals surface area contributed by atoms with E-state index in [1.54, 1.807) is 6.20 Å². The van der Waals surface area contributed by atoms with Crippen LogP contribution in [0.25, 0.3) is 10.9 Å². The molecule has 4 rings (SSSR count). The van der Waals surface area contributed by atoms with Gasteiger partial charge in [-0.1, -0.05) is 62.4 Å². The average Bonchev–Trinajstić information content (AvgIpc) is 3.23. The molecule has 2 aromatic heterocycles. The van der Waals surface area contributed by atoms with Crippen molar-refractivity contribution in [2.45, 2.75) is 26.9 Å². The summed E-state index contributed by atoms with van der Waals surface area (Å²) in [6.45, 7) is 4.23. The maximum Gasteiger partial charge on any atom is 0.410 e. The van der Waals surface area contributed by atoms with Crippen LogP contribution < -0.4 is 14.2 Å². The fraction of sp³-hybridized carbons (Fsp3) is 0.240. The van der Waals surface area contributed by atoms with Gasteiger partial charge < -0.3 is 19.7 Å². The van der Waals surface area contributed by atoms with Crippen molar-refractivity contribution in [1.29, 1.82) is 0 Å². The van der Waals surface area contributed by atoms with Gasteiger partial charge in [0.25, 0.3) is 11.6 Å². The summed E-state index contributed by atoms with van der Waals surface area (Å²) in [7, 11) is 1.36. The zero-order chi connectivity index (χ0) is 22.7. The predicted octanol–water partition coefficient (Wildman–Crippen LogP) is 4.21. The lowest BCUT2D eigenvalue weighted by Gasteiger charge is -2.16. The summed E-state index contributed by atoms with van der Waals surface area (Å²) in [5.74, 6) is -0.231. The van der Waals surface area contributed by atoms with E-state index in [0.717, 1.165) is 16.5 Å². The van der Waals surface area contributed by atoms with Crippen molar-refractivity contribution in [2.75, 3.05) is 7.11 Å². The molecule has 0 aliphatic rings. The Morgan fingerprint density at radius 2 is 1.84 bits per heavy atom. The number of methoxy groups -OCH3 is 1. The van der Waals surface area contributed by atoms with Crippen LogP contribution in [0.15, 0.2) is 60.8 Å². The average molecular weight is 431 g/mol. The maximum absolute atomic E-state index is 13.4. The lowest BCUT2D eigenvalue weighted by Crippen LogP contribution is -2.38. The molecule has 0 aliphatic carbocycles. The molecule has 0 radical (unpaired) electrons. The molecule has 32 heavy (non-hydrogen) atoms. The second-order valence-electron chi connectivity index (χ2n) is 7.97. The molecule has 0 saturated heterocycles. The molecule has 2 aromatic carbocycles. The van der Waals surface area contributed by atoms with E-state index >= 15 is 0 Å². The number of carbonyl (C=O) groups is 1. The summed E-state index contributed by atoms with van der Waals surface area (Å²) >= 11 is 0. The highest BCUT2D eigenvalue weighted by Gasteiger charge is 2.32. The fourth-order valence-electron chi connectivity index (χ4n) is 3.63. The van der Waals surface area contributed by atoms with Crippen LogP contribution in [0.4, 0.5) is 0 Å². The molecule has 0 bridgehead atoms. The monoisotopic (exact) mass is 431 g/mol. The van der Waals surface area contributed by atoms with E-state index in [-0.39, 0.29) is 30.0 Å². The quantitative estimate of drug-likeness (QED) is 0.256. The zero-order valence-corrected chi connectivity index (χ0v) is 18.3. The van der Waals surface area contributed by atoms with E-state index in [1.807, 2.05) is 68.4 Å². The Balaban J connectivity index is 1.80. The van der Waals surface area contributed by atoms with E-state index in [2.05, 4.69) is 9.97 Å². The number of ether oxygens (including phenoxy) is 2. The Morgan fingerprint density at radius 3 is 2.56 bits per heavy atom. The second-order valence-corrected chi connectivity index (χ2v) is 7.97. The highest BCUT2D eigenvalue weighted by atomic mass is 16.5. The number of carbonyl (C=O) groups excluding carboxylic acids is 1. The zero-order valence-electron chi connectivity index (χ0n) is 18.3. The Labute approximate surface area is 186 Å². The number of aromatic amines is 1. The van der Waals surface area contributed by atoms with Crippen LogP contribution in [0.5, 0.6) is 11.8 Å². The van der Waals surface area contributed by atoms with Gasteiger partial charge in [-0.05, 0) is 17.5 Å². The SMILES string of the molecule is COc1c(C(=O)c2c[nH]c3ccccc23)nc(OCc2ccccc2)c(CC(C)C)[n+]1[O-]. The number of para-hydroxylation sites is 1. The molecule has 0 fully saturated rings. The van der Waals surface area contributed by atoms with Crippen LogP contribution in [0.2, 0.25) is 0 Å². The molecule has 0 aliphatic heterocycles. The molecule has 7 heteroatoms. The van der Waals surface area contributed by atoms with E-state index in [0.29, 0.717) is 22.4 Å². The van der Waals surface area contributed by atoms with Gasteiger partial charge in [0.2, 0.25) is 11.5 Å². The number of H-pyrrole nitrogens is 1. The van der Waals surface area contributed by atoms with Crippen LogP contribution in [-0.2, 0) is 13.0 Å². The van der Waals surface area contributed by atoms with E-state index in [9.17, 15) is 10.0 Å². The van der Waals surface area contributed by atoms with Gasteiger partial charge in [0.15, 0.2) is 0 Å². The first-order valence-corrected chi connectivity index (χ1v) is 10.5. The first-order chi connectivity index (χ1) is 15.5. The number of ketones is 1. The third-order valence-corrected chi connectivity index (χ3v) is 5.15. The summed E-state index contributed by atoms with van der Waals surface area (Å²) in [4.78, 5) is 21.0. The minimum Gasteiger partial charge on any atom is -0.616 e. The van der Waals surface area contributed by atoms with E-state index in [1.165, 1.54) is 7.11 Å². The number of hydrogen-bond donors (Lipinski definition) is 1. The Bertz CT molecular complexity index is 1250. The van der Waals surface area contributed by atoms with Gasteiger partial charge in [-0.25, -0.2) is 0 Å². The molecule has 0 unspecified atom stereocenters. The molecule has 0 spiro atoms. The summed E-state index contributed by atoms with van der Waals surface area (Å²) in [5.41, 5.74) is 2.42. The Hall–Kier alpha value is -3.87. The lowest BCUT2D eigenvalue weighted by molar-refractivity contribution is -0.622. The van der Waals surface area contributed by atoms with Crippen LogP contribution in [0.3, 0.4) is 0 Å². The number of benzene rings is 2. The summed E-state index contributed by atoms with van der Waals surface area (Å²) in [6.07, 6.45) is 2.05. The first-order valence-electron chi connectivity index (χ1n) is 10.5. The molecule has 0 saturated carbocycles. The predicted molar refractivity (Wildman–Crippen MR) is 121 cm³/mol. The normalized spacial score (nSPS) is 11.1. The van der Waals surface area contributed by atoms with Crippen molar-refractivity contribution in [1.82, 2.24) is 9.97 Å². The molecule has 164 valence electrons. The molecular weight excluding hydrogens is 406 g/mol. The third kappa shape index (κ3) is 4.14. The molecular formula is C25H25N3O4.